The number of carboxylic acid groups (broad SMARTS) is 1. The molecule has 0 aromatic rings. The summed E-state index contributed by atoms with van der Waals surface area (Å²) >= 11 is 1.56. The fraction of sp³-hybridized carbons (Fsp3) is 0.739. The van der Waals surface area contributed by atoms with Crippen LogP contribution >= 0.6 is 11.8 Å². The lowest BCUT2D eigenvalue weighted by atomic mass is 10.0. The van der Waals surface area contributed by atoms with Crippen molar-refractivity contribution in [1.29, 1.82) is 0 Å². The molecule has 0 saturated heterocycles. The lowest BCUT2D eigenvalue weighted by Crippen LogP contribution is -2.14. The molecule has 0 aromatic heterocycles. The molecule has 1 aliphatic rings. The largest absolute Gasteiger partial charge is 0.481 e. The number of aliphatic carboxylic acids is 1. The lowest BCUT2D eigenvalue weighted by molar-refractivity contribution is -0.140. The van der Waals surface area contributed by atoms with Crippen LogP contribution in [0.1, 0.15) is 84.5 Å². The van der Waals surface area contributed by atoms with E-state index in [1.165, 1.54) is 0 Å². The van der Waals surface area contributed by atoms with E-state index in [-0.39, 0.29) is 24.7 Å². The fourth-order valence-electron chi connectivity index (χ4n) is 3.34. The maximum atomic E-state index is 12.0. The first kappa shape index (κ1) is 26.7. The number of aliphatic hydroxyl groups is 2. The molecule has 0 spiro atoms. The number of carbonyl (C=O) groups is 2. The van der Waals surface area contributed by atoms with Gasteiger partial charge in [-0.05, 0) is 31.4 Å². The molecule has 3 N–H and O–H groups in total. The van der Waals surface area contributed by atoms with E-state index < -0.39 is 18.2 Å². The van der Waals surface area contributed by atoms with Crippen molar-refractivity contribution < 1.29 is 29.6 Å². The van der Waals surface area contributed by atoms with Crippen molar-refractivity contribution in [2.24, 2.45) is 5.92 Å². The van der Waals surface area contributed by atoms with Crippen molar-refractivity contribution in [2.45, 2.75) is 96.7 Å². The van der Waals surface area contributed by atoms with Gasteiger partial charge >= 0.3 is 11.9 Å². The SMILES string of the molecule is CCCCC[C@H](O)/C=C/[C@@H]1C(SCCCCCC(=O)O)=C(OC(=O)CCC)C[C@H]1O. The Morgan fingerprint density at radius 1 is 1.13 bits per heavy atom. The number of hydrogen-bond acceptors (Lipinski definition) is 6. The maximum Gasteiger partial charge on any atom is 0.310 e. The summed E-state index contributed by atoms with van der Waals surface area (Å²) in [5.74, 6) is -0.0636. The molecule has 7 heteroatoms. The molecule has 0 saturated carbocycles. The van der Waals surface area contributed by atoms with E-state index in [0.717, 1.165) is 42.8 Å². The van der Waals surface area contributed by atoms with E-state index in [4.69, 9.17) is 9.84 Å². The highest BCUT2D eigenvalue weighted by atomic mass is 32.2. The van der Waals surface area contributed by atoms with Gasteiger partial charge < -0.3 is 20.1 Å². The standard InChI is InChI=1S/C23H38O6S/c1-3-5-7-11-17(24)13-14-18-19(25)16-20(29-22(28)10-4-2)23(18)30-15-9-6-8-12-21(26)27/h13-14,17-19,24-25H,3-12,15-16H2,1-2H3,(H,26,27)/b14-13+/t17-,18-,19+/m0/s1. The molecule has 1 aliphatic carbocycles. The van der Waals surface area contributed by atoms with E-state index in [9.17, 15) is 19.8 Å². The van der Waals surface area contributed by atoms with Gasteiger partial charge in [-0.15, -0.1) is 11.8 Å². The van der Waals surface area contributed by atoms with Gasteiger partial charge in [0, 0.05) is 30.1 Å². The number of unbranched alkanes of at least 4 members (excludes halogenated alkanes) is 4. The van der Waals surface area contributed by atoms with Crippen molar-refractivity contribution in [3.63, 3.8) is 0 Å². The molecule has 0 radical (unpaired) electrons. The normalized spacial score (nSPS) is 20.1. The second-order valence-corrected chi connectivity index (χ2v) is 8.95. The molecule has 0 bridgehead atoms. The molecule has 3 atom stereocenters. The van der Waals surface area contributed by atoms with E-state index in [1.54, 1.807) is 17.8 Å². The first-order valence-electron chi connectivity index (χ1n) is 11.2. The summed E-state index contributed by atoms with van der Waals surface area (Å²) < 4.78 is 5.55. The van der Waals surface area contributed by atoms with E-state index in [0.29, 0.717) is 31.4 Å². The van der Waals surface area contributed by atoms with Gasteiger partial charge in [-0.3, -0.25) is 9.59 Å². The first-order chi connectivity index (χ1) is 14.4. The molecule has 0 amide bonds. The van der Waals surface area contributed by atoms with Gasteiger partial charge in [0.15, 0.2) is 0 Å². The van der Waals surface area contributed by atoms with Gasteiger partial charge in [0.25, 0.3) is 0 Å². The Morgan fingerprint density at radius 3 is 2.57 bits per heavy atom. The van der Waals surface area contributed by atoms with E-state index in [1.807, 2.05) is 13.0 Å². The predicted octanol–water partition coefficient (Wildman–Crippen LogP) is 4.80. The fourth-order valence-corrected chi connectivity index (χ4v) is 4.62. The number of carbonyl (C=O) groups excluding carboxylic acids is 1. The lowest BCUT2D eigenvalue weighted by Gasteiger charge is -2.15. The average Bonchev–Trinajstić information content (AvgIpc) is 2.97. The van der Waals surface area contributed by atoms with Crippen molar-refractivity contribution in [3.05, 3.63) is 22.8 Å². The number of thioether (sulfide) groups is 1. The summed E-state index contributed by atoms with van der Waals surface area (Å²) in [7, 11) is 0. The van der Waals surface area contributed by atoms with Crippen molar-refractivity contribution >= 4 is 23.7 Å². The number of esters is 1. The Balaban J connectivity index is 2.74. The highest BCUT2D eigenvalue weighted by molar-refractivity contribution is 8.03. The van der Waals surface area contributed by atoms with Crippen molar-refractivity contribution in [2.75, 3.05) is 5.75 Å². The van der Waals surface area contributed by atoms with E-state index in [2.05, 4.69) is 6.92 Å². The Hall–Kier alpha value is -1.31. The van der Waals surface area contributed by atoms with Crippen LogP contribution in [0.3, 0.4) is 0 Å². The molecule has 1 rings (SSSR count). The topological polar surface area (TPSA) is 104 Å². The van der Waals surface area contributed by atoms with Gasteiger partial charge in [0.2, 0.25) is 0 Å². The summed E-state index contributed by atoms with van der Waals surface area (Å²) in [5, 5.41) is 29.5. The zero-order valence-corrected chi connectivity index (χ0v) is 19.2. The summed E-state index contributed by atoms with van der Waals surface area (Å²) in [6.45, 7) is 4.03. The van der Waals surface area contributed by atoms with Gasteiger partial charge in [0.1, 0.15) is 5.76 Å². The number of aliphatic hydroxyl groups excluding tert-OH is 2. The maximum absolute atomic E-state index is 12.0. The Morgan fingerprint density at radius 2 is 1.90 bits per heavy atom. The van der Waals surface area contributed by atoms with Crippen molar-refractivity contribution in [1.82, 2.24) is 0 Å². The number of hydrogen-bond donors (Lipinski definition) is 3. The van der Waals surface area contributed by atoms with Gasteiger partial charge in [-0.2, -0.15) is 0 Å². The van der Waals surface area contributed by atoms with Crippen molar-refractivity contribution in [3.8, 4) is 0 Å². The van der Waals surface area contributed by atoms with Crippen LogP contribution in [0.5, 0.6) is 0 Å². The third kappa shape index (κ3) is 10.6. The Kier molecular flexibility index (Phi) is 13.8. The quantitative estimate of drug-likeness (QED) is 0.179. The van der Waals surface area contributed by atoms with Crippen LogP contribution in [-0.2, 0) is 14.3 Å². The molecule has 172 valence electrons. The molecular weight excluding hydrogens is 404 g/mol. The van der Waals surface area contributed by atoms with Gasteiger partial charge in [0.05, 0.1) is 12.2 Å². The number of carboxylic acids is 1. The number of ether oxygens (including phenoxy) is 1. The van der Waals surface area contributed by atoms with Crippen LogP contribution in [0.2, 0.25) is 0 Å². The highest BCUT2D eigenvalue weighted by Gasteiger charge is 2.34. The number of rotatable bonds is 16. The summed E-state index contributed by atoms with van der Waals surface area (Å²) in [6, 6.07) is 0. The molecule has 0 unspecified atom stereocenters. The average molecular weight is 443 g/mol. The molecule has 0 aromatic carbocycles. The second kappa shape index (κ2) is 15.5. The predicted molar refractivity (Wildman–Crippen MR) is 120 cm³/mol. The third-order valence-electron chi connectivity index (χ3n) is 5.01. The van der Waals surface area contributed by atoms with Gasteiger partial charge in [-0.1, -0.05) is 51.7 Å². The molecular formula is C23H38O6S. The zero-order valence-electron chi connectivity index (χ0n) is 18.3. The zero-order chi connectivity index (χ0) is 22.4. The molecule has 0 heterocycles. The summed E-state index contributed by atoms with van der Waals surface area (Å²) in [5.41, 5.74) is 0. The highest BCUT2D eigenvalue weighted by Crippen LogP contribution is 2.41. The minimum Gasteiger partial charge on any atom is -0.481 e. The smallest absolute Gasteiger partial charge is 0.310 e. The molecule has 6 nitrogen and oxygen atoms in total. The van der Waals surface area contributed by atoms with Crippen LogP contribution in [0, 0.1) is 5.92 Å². The summed E-state index contributed by atoms with van der Waals surface area (Å²) in [6.07, 6.45) is 10.0. The Bertz CT molecular complexity index is 586. The third-order valence-corrected chi connectivity index (χ3v) is 6.32. The minimum atomic E-state index is -0.780. The first-order valence-corrected chi connectivity index (χ1v) is 12.2. The van der Waals surface area contributed by atoms with Crippen LogP contribution in [0.4, 0.5) is 0 Å². The van der Waals surface area contributed by atoms with E-state index >= 15 is 0 Å². The Labute approximate surface area is 184 Å². The molecule has 0 aliphatic heterocycles. The van der Waals surface area contributed by atoms with Crippen LogP contribution in [0.25, 0.3) is 0 Å². The monoisotopic (exact) mass is 442 g/mol. The van der Waals surface area contributed by atoms with Crippen LogP contribution in [-0.4, -0.2) is 45.2 Å². The molecule has 0 fully saturated rings. The van der Waals surface area contributed by atoms with Gasteiger partial charge in [-0.25, -0.2) is 0 Å². The minimum absolute atomic E-state index is 0.174. The van der Waals surface area contributed by atoms with Crippen LogP contribution < -0.4 is 0 Å². The summed E-state index contributed by atoms with van der Waals surface area (Å²) in [4.78, 5) is 23.5. The molecule has 30 heavy (non-hydrogen) atoms. The van der Waals surface area contributed by atoms with Crippen LogP contribution in [0.15, 0.2) is 22.8 Å². The second-order valence-electron chi connectivity index (χ2n) is 7.81.